The third kappa shape index (κ3) is 4.92. The van der Waals surface area contributed by atoms with Gasteiger partial charge in [0.2, 0.25) is 0 Å². The summed E-state index contributed by atoms with van der Waals surface area (Å²) in [6.07, 6.45) is -1.17. The van der Waals surface area contributed by atoms with E-state index in [9.17, 15) is 19.5 Å². The quantitative estimate of drug-likeness (QED) is 0.591. The molecule has 4 unspecified atom stereocenters. The molecule has 1 aromatic rings. The van der Waals surface area contributed by atoms with E-state index in [1.165, 1.54) is 6.92 Å². The molecule has 0 amide bonds. The summed E-state index contributed by atoms with van der Waals surface area (Å²) < 4.78 is 10.7. The molecule has 0 heterocycles. The van der Waals surface area contributed by atoms with Crippen molar-refractivity contribution < 1.29 is 29.0 Å². The maximum atomic E-state index is 12.9. The van der Waals surface area contributed by atoms with Crippen molar-refractivity contribution in [2.45, 2.75) is 64.8 Å². The molecule has 0 aromatic heterocycles. The molecule has 1 aliphatic carbocycles. The number of Topliss-reactive ketones (excluding diaryl/α,β-unsaturated/α-hetero) is 1. The van der Waals surface area contributed by atoms with Crippen LogP contribution in [0.15, 0.2) is 24.3 Å². The number of carbonyl (C=O) groups is 3. The first-order chi connectivity index (χ1) is 12.9. The maximum absolute atomic E-state index is 12.9. The number of ketones is 1. The molecule has 1 saturated carbocycles. The molecule has 0 radical (unpaired) electrons. The highest BCUT2D eigenvalue weighted by Gasteiger charge is 2.57. The van der Waals surface area contributed by atoms with Crippen LogP contribution in [0.3, 0.4) is 0 Å². The third-order valence-corrected chi connectivity index (χ3v) is 4.99. The van der Waals surface area contributed by atoms with Crippen LogP contribution in [0.1, 0.15) is 52.5 Å². The summed E-state index contributed by atoms with van der Waals surface area (Å²) in [6.45, 7) is 8.18. The van der Waals surface area contributed by atoms with Crippen molar-refractivity contribution in [3.63, 3.8) is 0 Å². The van der Waals surface area contributed by atoms with E-state index in [2.05, 4.69) is 0 Å². The highest BCUT2D eigenvalue weighted by atomic mass is 35.5. The van der Waals surface area contributed by atoms with Gasteiger partial charge in [0.1, 0.15) is 5.92 Å². The molecule has 1 aliphatic rings. The molecule has 7 heteroatoms. The van der Waals surface area contributed by atoms with Crippen molar-refractivity contribution in [2.75, 3.05) is 0 Å². The normalized spacial score (nSPS) is 27.8. The zero-order chi connectivity index (χ0) is 21.2. The molecule has 6 nitrogen and oxygen atoms in total. The van der Waals surface area contributed by atoms with Gasteiger partial charge in [0.05, 0.1) is 23.7 Å². The molecule has 1 fully saturated rings. The Morgan fingerprint density at radius 3 is 2.07 bits per heavy atom. The highest BCUT2D eigenvalue weighted by molar-refractivity contribution is 6.30. The van der Waals surface area contributed by atoms with Crippen molar-refractivity contribution in [2.24, 2.45) is 11.8 Å². The van der Waals surface area contributed by atoms with Crippen molar-refractivity contribution in [1.29, 1.82) is 0 Å². The fraction of sp³-hybridized carbons (Fsp3) is 0.571. The first-order valence-corrected chi connectivity index (χ1v) is 9.73. The molecule has 0 bridgehead atoms. The summed E-state index contributed by atoms with van der Waals surface area (Å²) in [4.78, 5) is 38.5. The smallest absolute Gasteiger partial charge is 0.317 e. The molecule has 28 heavy (non-hydrogen) atoms. The van der Waals surface area contributed by atoms with Crippen LogP contribution in [-0.4, -0.2) is 40.6 Å². The third-order valence-electron chi connectivity index (χ3n) is 4.73. The van der Waals surface area contributed by atoms with Crippen LogP contribution < -0.4 is 0 Å². The Bertz CT molecular complexity index is 730. The van der Waals surface area contributed by atoms with Gasteiger partial charge >= 0.3 is 11.9 Å². The topological polar surface area (TPSA) is 89.9 Å². The number of ether oxygens (including phenoxy) is 2. The molecule has 1 N–H and O–H groups in total. The van der Waals surface area contributed by atoms with Gasteiger partial charge in [-0.1, -0.05) is 23.7 Å². The van der Waals surface area contributed by atoms with Gasteiger partial charge in [0, 0.05) is 17.4 Å². The zero-order valence-corrected chi connectivity index (χ0v) is 17.5. The van der Waals surface area contributed by atoms with E-state index >= 15 is 0 Å². The van der Waals surface area contributed by atoms with Crippen LogP contribution in [-0.2, 0) is 23.9 Å². The van der Waals surface area contributed by atoms with Crippen LogP contribution in [0, 0.1) is 11.8 Å². The van der Waals surface area contributed by atoms with E-state index < -0.39 is 53.3 Å². The van der Waals surface area contributed by atoms with Crippen molar-refractivity contribution in [3.05, 3.63) is 34.9 Å². The fourth-order valence-corrected chi connectivity index (χ4v) is 3.84. The lowest BCUT2D eigenvalue weighted by Crippen LogP contribution is -2.55. The van der Waals surface area contributed by atoms with Gasteiger partial charge in [0.15, 0.2) is 5.78 Å². The Hall–Kier alpha value is -1.92. The predicted octanol–water partition coefficient (Wildman–Crippen LogP) is 3.28. The van der Waals surface area contributed by atoms with Crippen molar-refractivity contribution in [1.82, 2.24) is 0 Å². The van der Waals surface area contributed by atoms with E-state index in [4.69, 9.17) is 21.1 Å². The van der Waals surface area contributed by atoms with Gasteiger partial charge in [-0.05, 0) is 52.3 Å². The van der Waals surface area contributed by atoms with E-state index in [1.54, 1.807) is 52.0 Å². The minimum atomic E-state index is -1.66. The first kappa shape index (κ1) is 22.4. The predicted molar refractivity (Wildman–Crippen MR) is 104 cm³/mol. The van der Waals surface area contributed by atoms with Crippen LogP contribution in [0.25, 0.3) is 0 Å². The van der Waals surface area contributed by atoms with E-state index in [1.807, 2.05) is 0 Å². The average Bonchev–Trinajstić information content (AvgIpc) is 2.52. The first-order valence-electron chi connectivity index (χ1n) is 9.35. The number of benzene rings is 1. The summed E-state index contributed by atoms with van der Waals surface area (Å²) in [5, 5.41) is 11.4. The maximum Gasteiger partial charge on any atom is 0.317 e. The van der Waals surface area contributed by atoms with Gasteiger partial charge in [0.25, 0.3) is 0 Å². The summed E-state index contributed by atoms with van der Waals surface area (Å²) >= 11 is 5.97. The summed E-state index contributed by atoms with van der Waals surface area (Å²) in [5.74, 6) is -5.09. The second-order valence-electron chi connectivity index (χ2n) is 8.00. The molecule has 2 rings (SSSR count). The summed E-state index contributed by atoms with van der Waals surface area (Å²) in [7, 11) is 0. The average molecular weight is 411 g/mol. The summed E-state index contributed by atoms with van der Waals surface area (Å²) in [5.41, 5.74) is -1.13. The number of hydrogen-bond acceptors (Lipinski definition) is 6. The largest absolute Gasteiger partial charge is 0.463 e. The number of rotatable bonds is 5. The molecule has 1 aromatic carbocycles. The standard InChI is InChI=1S/C21H27ClO6/c1-11(2)27-19(24)17-15(23)10-21(5,26)18(20(25)28-12(3)4)16(17)13-6-8-14(22)9-7-13/h6-9,11-12,16-18,26H,10H2,1-5H3. The van der Waals surface area contributed by atoms with Gasteiger partial charge in [-0.2, -0.15) is 0 Å². The molecule has 0 saturated heterocycles. The van der Waals surface area contributed by atoms with Crippen molar-refractivity contribution in [3.8, 4) is 0 Å². The van der Waals surface area contributed by atoms with Gasteiger partial charge < -0.3 is 14.6 Å². The SMILES string of the molecule is CC(C)OC(=O)C1C(=O)CC(C)(O)C(C(=O)OC(C)C)C1c1ccc(Cl)cc1. The second-order valence-corrected chi connectivity index (χ2v) is 8.44. The molecule has 0 aliphatic heterocycles. The highest BCUT2D eigenvalue weighted by Crippen LogP contribution is 2.47. The lowest BCUT2D eigenvalue weighted by atomic mass is 9.61. The molecular weight excluding hydrogens is 384 g/mol. The number of halogens is 1. The van der Waals surface area contributed by atoms with Gasteiger partial charge in [-0.3, -0.25) is 14.4 Å². The lowest BCUT2D eigenvalue weighted by Gasteiger charge is -2.44. The van der Waals surface area contributed by atoms with Crippen LogP contribution in [0.5, 0.6) is 0 Å². The Morgan fingerprint density at radius 1 is 1.07 bits per heavy atom. The minimum Gasteiger partial charge on any atom is -0.463 e. The molecule has 0 spiro atoms. The van der Waals surface area contributed by atoms with E-state index in [0.717, 1.165) is 0 Å². The molecule has 4 atom stereocenters. The lowest BCUT2D eigenvalue weighted by molar-refractivity contribution is -0.176. The second kappa shape index (κ2) is 8.62. The number of aliphatic hydroxyl groups is 1. The van der Waals surface area contributed by atoms with Gasteiger partial charge in [-0.25, -0.2) is 0 Å². The Balaban J connectivity index is 2.59. The number of esters is 2. The van der Waals surface area contributed by atoms with E-state index in [0.29, 0.717) is 10.6 Å². The van der Waals surface area contributed by atoms with Crippen molar-refractivity contribution >= 4 is 29.3 Å². The molecule has 154 valence electrons. The Morgan fingerprint density at radius 2 is 1.57 bits per heavy atom. The fourth-order valence-electron chi connectivity index (χ4n) is 3.71. The molecular formula is C21H27ClO6. The van der Waals surface area contributed by atoms with Crippen LogP contribution >= 0.6 is 11.6 Å². The summed E-state index contributed by atoms with van der Waals surface area (Å²) in [6, 6.07) is 6.51. The monoisotopic (exact) mass is 410 g/mol. The number of carbonyl (C=O) groups excluding carboxylic acids is 3. The van der Waals surface area contributed by atoms with Gasteiger partial charge in [-0.15, -0.1) is 0 Å². The van der Waals surface area contributed by atoms with E-state index in [-0.39, 0.29) is 6.42 Å². The Kier molecular flexibility index (Phi) is 6.88. The van der Waals surface area contributed by atoms with Crippen LogP contribution in [0.4, 0.5) is 0 Å². The Labute approximate surface area is 170 Å². The van der Waals surface area contributed by atoms with Crippen LogP contribution in [0.2, 0.25) is 5.02 Å². The zero-order valence-electron chi connectivity index (χ0n) is 16.8. The number of hydrogen-bond donors (Lipinski definition) is 1. The minimum absolute atomic E-state index is 0.340.